The predicted octanol–water partition coefficient (Wildman–Crippen LogP) is 4.45. The molecule has 1 aromatic heterocycles. The topological polar surface area (TPSA) is 60.8 Å². The Morgan fingerprint density at radius 2 is 1.74 bits per heavy atom. The SMILES string of the molecule is CN1CCN2C(=O)C(Nc3nccc4ccccc34)N=C(c3ccccc3F)c3cccc1c32. The Labute approximate surface area is 196 Å². The fourth-order valence-electron chi connectivity index (χ4n) is 4.74. The number of amides is 1. The number of nitrogens with one attached hydrogen (secondary N) is 1. The Morgan fingerprint density at radius 1 is 0.941 bits per heavy atom. The van der Waals surface area contributed by atoms with Crippen LogP contribution in [0, 0.1) is 5.82 Å². The van der Waals surface area contributed by atoms with E-state index in [1.54, 1.807) is 29.3 Å². The zero-order chi connectivity index (χ0) is 23.2. The van der Waals surface area contributed by atoms with E-state index in [0.717, 1.165) is 27.7 Å². The predicted molar refractivity (Wildman–Crippen MR) is 133 cm³/mol. The van der Waals surface area contributed by atoms with Gasteiger partial charge in [-0.25, -0.2) is 14.4 Å². The molecule has 0 saturated heterocycles. The van der Waals surface area contributed by atoms with Crippen molar-refractivity contribution in [3.8, 4) is 0 Å². The molecule has 0 bridgehead atoms. The summed E-state index contributed by atoms with van der Waals surface area (Å²) in [5.41, 5.74) is 3.22. The molecule has 3 heterocycles. The van der Waals surface area contributed by atoms with Crippen LogP contribution in [0.2, 0.25) is 0 Å². The van der Waals surface area contributed by atoms with Gasteiger partial charge in [0.05, 0.1) is 17.1 Å². The molecule has 6 rings (SSSR count). The van der Waals surface area contributed by atoms with Gasteiger partial charge in [0.25, 0.3) is 5.91 Å². The molecule has 1 unspecified atom stereocenters. The summed E-state index contributed by atoms with van der Waals surface area (Å²) in [6.45, 7) is 1.21. The zero-order valence-corrected chi connectivity index (χ0v) is 18.6. The number of carbonyl (C=O) groups excluding carboxylic acids is 1. The molecule has 1 N–H and O–H groups in total. The van der Waals surface area contributed by atoms with Crippen molar-refractivity contribution in [3.63, 3.8) is 0 Å². The first-order valence-corrected chi connectivity index (χ1v) is 11.2. The Hall–Kier alpha value is -4.26. The highest BCUT2D eigenvalue weighted by Crippen LogP contribution is 2.39. The monoisotopic (exact) mass is 451 g/mol. The maximum Gasteiger partial charge on any atom is 0.272 e. The third kappa shape index (κ3) is 3.20. The van der Waals surface area contributed by atoms with Gasteiger partial charge in [-0.2, -0.15) is 0 Å². The summed E-state index contributed by atoms with van der Waals surface area (Å²) in [5, 5.41) is 5.16. The Bertz CT molecular complexity index is 1460. The minimum absolute atomic E-state index is 0.192. The second kappa shape index (κ2) is 7.95. The van der Waals surface area contributed by atoms with Crippen molar-refractivity contribution in [3.05, 3.63) is 95.9 Å². The number of hydrogen-bond acceptors (Lipinski definition) is 5. The molecule has 2 aliphatic rings. The molecule has 1 atom stereocenters. The van der Waals surface area contributed by atoms with Crippen LogP contribution in [-0.4, -0.2) is 42.9 Å². The lowest BCUT2D eigenvalue weighted by atomic mass is 9.97. The van der Waals surface area contributed by atoms with E-state index < -0.39 is 6.17 Å². The summed E-state index contributed by atoms with van der Waals surface area (Å²) in [6.07, 6.45) is 0.743. The third-order valence-corrected chi connectivity index (χ3v) is 6.44. The zero-order valence-electron chi connectivity index (χ0n) is 18.6. The van der Waals surface area contributed by atoms with Crippen LogP contribution < -0.4 is 15.1 Å². The molecule has 6 nitrogen and oxygen atoms in total. The average Bonchev–Trinajstić information content (AvgIpc) is 2.98. The van der Waals surface area contributed by atoms with Crippen LogP contribution in [0.4, 0.5) is 21.6 Å². The molecule has 0 spiro atoms. The van der Waals surface area contributed by atoms with Gasteiger partial charge in [0.2, 0.25) is 6.17 Å². The number of likely N-dealkylation sites (N-methyl/N-ethyl adjacent to an activating group) is 1. The highest BCUT2D eigenvalue weighted by atomic mass is 19.1. The van der Waals surface area contributed by atoms with Gasteiger partial charge in [0.1, 0.15) is 11.6 Å². The second-order valence-electron chi connectivity index (χ2n) is 8.47. The molecule has 168 valence electrons. The van der Waals surface area contributed by atoms with Gasteiger partial charge in [-0.3, -0.25) is 4.79 Å². The van der Waals surface area contributed by atoms with E-state index in [9.17, 15) is 4.79 Å². The number of carbonyl (C=O) groups is 1. The van der Waals surface area contributed by atoms with Crippen LogP contribution in [0.25, 0.3) is 10.8 Å². The number of hydrogen-bond donors (Lipinski definition) is 1. The van der Waals surface area contributed by atoms with E-state index in [1.165, 1.54) is 6.07 Å². The van der Waals surface area contributed by atoms with E-state index in [1.807, 2.05) is 55.6 Å². The number of benzene rings is 3. The quantitative estimate of drug-likeness (QED) is 0.500. The number of anilines is 3. The van der Waals surface area contributed by atoms with Crippen LogP contribution >= 0.6 is 0 Å². The standard InChI is InChI=1S/C27H22FN5O/c1-32-15-16-33-24-20(10-6-12-22(24)32)23(19-9-4-5-11-21(19)28)30-26(27(33)34)31-25-18-8-3-2-7-17(18)13-14-29-25/h2-14,26H,15-16H2,1H3,(H,29,31). The molecule has 1 amide bonds. The van der Waals surface area contributed by atoms with Crippen LogP contribution in [0.3, 0.4) is 0 Å². The van der Waals surface area contributed by atoms with Gasteiger partial charge >= 0.3 is 0 Å². The highest BCUT2D eigenvalue weighted by Gasteiger charge is 2.37. The van der Waals surface area contributed by atoms with Crippen LogP contribution in [-0.2, 0) is 4.79 Å². The third-order valence-electron chi connectivity index (χ3n) is 6.44. The van der Waals surface area contributed by atoms with Gasteiger partial charge in [-0.05, 0) is 29.7 Å². The summed E-state index contributed by atoms with van der Waals surface area (Å²) in [7, 11) is 2.00. The summed E-state index contributed by atoms with van der Waals surface area (Å²) < 4.78 is 15.0. The Balaban J connectivity index is 1.56. The van der Waals surface area contributed by atoms with Crippen LogP contribution in [0.1, 0.15) is 11.1 Å². The lowest BCUT2D eigenvalue weighted by molar-refractivity contribution is -0.119. The summed E-state index contributed by atoms with van der Waals surface area (Å²) >= 11 is 0. The highest BCUT2D eigenvalue weighted by molar-refractivity contribution is 6.22. The van der Waals surface area contributed by atoms with Crippen LogP contribution in [0.15, 0.2) is 84.0 Å². The second-order valence-corrected chi connectivity index (χ2v) is 8.47. The van der Waals surface area contributed by atoms with Gasteiger partial charge in [-0.15, -0.1) is 0 Å². The van der Waals surface area contributed by atoms with E-state index in [-0.39, 0.29) is 11.7 Å². The lowest BCUT2D eigenvalue weighted by Gasteiger charge is -2.36. The summed E-state index contributed by atoms with van der Waals surface area (Å²) in [6, 6.07) is 22.1. The van der Waals surface area contributed by atoms with Crippen LogP contribution in [0.5, 0.6) is 0 Å². The number of nitrogens with zero attached hydrogens (tertiary/aromatic N) is 4. The number of rotatable bonds is 3. The molecule has 7 heteroatoms. The molecular formula is C27H22FN5O. The van der Waals surface area contributed by atoms with E-state index in [2.05, 4.69) is 15.2 Å². The molecule has 2 aliphatic heterocycles. The molecule has 0 radical (unpaired) electrons. The first-order valence-electron chi connectivity index (χ1n) is 11.2. The van der Waals surface area contributed by atoms with E-state index >= 15 is 4.39 Å². The van der Waals surface area contributed by atoms with Gasteiger partial charge in [-0.1, -0.05) is 48.5 Å². The summed E-state index contributed by atoms with van der Waals surface area (Å²) in [4.78, 5) is 27.1. The Kier molecular flexibility index (Phi) is 4.76. The van der Waals surface area contributed by atoms with Crippen molar-refractivity contribution in [2.45, 2.75) is 6.17 Å². The normalized spacial score (nSPS) is 17.3. The van der Waals surface area contributed by atoms with Crippen molar-refractivity contribution in [2.24, 2.45) is 4.99 Å². The summed E-state index contributed by atoms with van der Waals surface area (Å²) in [5.74, 6) is -0.0118. The molecule has 0 saturated carbocycles. The van der Waals surface area contributed by atoms with Crippen molar-refractivity contribution >= 4 is 39.6 Å². The van der Waals surface area contributed by atoms with Crippen molar-refractivity contribution in [2.75, 3.05) is 35.3 Å². The Morgan fingerprint density at radius 3 is 2.62 bits per heavy atom. The fraction of sp³-hybridized carbons (Fsp3) is 0.148. The molecule has 0 fully saturated rings. The van der Waals surface area contributed by atoms with E-state index in [0.29, 0.717) is 30.2 Å². The minimum Gasteiger partial charge on any atom is -0.371 e. The van der Waals surface area contributed by atoms with Gasteiger partial charge in [0, 0.05) is 42.8 Å². The molecule has 3 aromatic carbocycles. The lowest BCUT2D eigenvalue weighted by Crippen LogP contribution is -2.48. The van der Waals surface area contributed by atoms with Gasteiger partial charge in [0.15, 0.2) is 0 Å². The average molecular weight is 452 g/mol. The molecule has 0 aliphatic carbocycles. The fourth-order valence-corrected chi connectivity index (χ4v) is 4.74. The van der Waals surface area contributed by atoms with Crippen molar-refractivity contribution in [1.29, 1.82) is 0 Å². The number of pyridine rings is 1. The maximum absolute atomic E-state index is 15.0. The van der Waals surface area contributed by atoms with Gasteiger partial charge < -0.3 is 15.1 Å². The van der Waals surface area contributed by atoms with Crippen molar-refractivity contribution < 1.29 is 9.18 Å². The molecule has 34 heavy (non-hydrogen) atoms. The smallest absolute Gasteiger partial charge is 0.272 e. The van der Waals surface area contributed by atoms with E-state index in [4.69, 9.17) is 4.99 Å². The number of para-hydroxylation sites is 1. The first-order chi connectivity index (χ1) is 16.6. The number of aliphatic imine (C=N–C) groups is 1. The largest absolute Gasteiger partial charge is 0.371 e. The number of fused-ring (bicyclic) bond motifs is 1. The molecule has 4 aromatic rings. The van der Waals surface area contributed by atoms with Crippen molar-refractivity contribution in [1.82, 2.24) is 4.98 Å². The first kappa shape index (κ1) is 20.4. The number of aromatic nitrogens is 1. The minimum atomic E-state index is -0.962. The molecular weight excluding hydrogens is 429 g/mol. The number of halogens is 1. The maximum atomic E-state index is 15.0.